The van der Waals surface area contributed by atoms with Gasteiger partial charge in [0.15, 0.2) is 18.9 Å². The molecule has 0 aliphatic rings. The van der Waals surface area contributed by atoms with Gasteiger partial charge in [-0.2, -0.15) is 0 Å². The predicted octanol–water partition coefficient (Wildman–Crippen LogP) is 1.10. The number of benzene rings is 1. The van der Waals surface area contributed by atoms with Gasteiger partial charge in [0.2, 0.25) is 0 Å². The third kappa shape index (κ3) is 2.51. The number of hydrogen-bond acceptors (Lipinski definition) is 2. The molecule has 0 aliphatic heterocycles. The van der Waals surface area contributed by atoms with Crippen LogP contribution in [0.5, 0.6) is 11.5 Å². The Morgan fingerprint density at radius 2 is 1.94 bits per heavy atom. The largest absolute Gasteiger partial charge is 0.868 e. The Labute approximate surface area is 94.6 Å². The summed E-state index contributed by atoms with van der Waals surface area (Å²) >= 11 is 0. The Morgan fingerprint density at radius 3 is 2.56 bits per heavy atom. The van der Waals surface area contributed by atoms with Gasteiger partial charge in [0.05, 0.1) is 7.11 Å². The molecule has 0 saturated heterocycles. The molecular formula is C13H13NO2. The maximum atomic E-state index is 11.1. The molecule has 0 bridgehead atoms. The zero-order valence-electron chi connectivity index (χ0n) is 9.09. The van der Waals surface area contributed by atoms with E-state index in [-0.39, 0.29) is 5.75 Å². The van der Waals surface area contributed by atoms with Crippen molar-refractivity contribution >= 4 is 0 Å². The summed E-state index contributed by atoms with van der Waals surface area (Å²) in [5, 5.41) is 11.1. The van der Waals surface area contributed by atoms with Crippen molar-refractivity contribution in [3.05, 3.63) is 54.4 Å². The fourth-order valence-corrected chi connectivity index (χ4v) is 1.54. The van der Waals surface area contributed by atoms with Crippen LogP contribution in [0.25, 0.3) is 0 Å². The first-order chi connectivity index (χ1) is 7.78. The summed E-state index contributed by atoms with van der Waals surface area (Å²) in [6, 6.07) is 11.1. The van der Waals surface area contributed by atoms with Crippen molar-refractivity contribution in [2.75, 3.05) is 7.11 Å². The predicted molar refractivity (Wildman–Crippen MR) is 58.2 cm³/mol. The van der Waals surface area contributed by atoms with E-state index in [1.165, 1.54) is 0 Å². The summed E-state index contributed by atoms with van der Waals surface area (Å²) in [5.41, 5.74) is 1.14. The number of rotatable bonds is 3. The van der Waals surface area contributed by atoms with Gasteiger partial charge >= 0.3 is 0 Å². The maximum Gasteiger partial charge on any atom is 0.173 e. The van der Waals surface area contributed by atoms with Crippen molar-refractivity contribution in [1.29, 1.82) is 0 Å². The van der Waals surface area contributed by atoms with E-state index < -0.39 is 0 Å². The van der Waals surface area contributed by atoms with E-state index >= 15 is 0 Å². The molecule has 1 heterocycles. The van der Waals surface area contributed by atoms with Crippen LogP contribution in [0.2, 0.25) is 0 Å². The van der Waals surface area contributed by atoms with Gasteiger partial charge in [-0.1, -0.05) is 6.07 Å². The second kappa shape index (κ2) is 4.66. The van der Waals surface area contributed by atoms with Crippen LogP contribution in [0.1, 0.15) is 5.56 Å². The topological polar surface area (TPSA) is 36.2 Å². The van der Waals surface area contributed by atoms with Crippen LogP contribution in [0.3, 0.4) is 0 Å². The first kappa shape index (κ1) is 10.5. The number of hydrogen-bond donors (Lipinski definition) is 0. The molecule has 0 unspecified atom stereocenters. The molecule has 3 heteroatoms. The third-order valence-electron chi connectivity index (χ3n) is 2.36. The molecule has 3 nitrogen and oxygen atoms in total. The Kier molecular flexibility index (Phi) is 3.05. The van der Waals surface area contributed by atoms with Crippen molar-refractivity contribution in [3.8, 4) is 11.5 Å². The summed E-state index contributed by atoms with van der Waals surface area (Å²) in [6.45, 7) is 0.695. The van der Waals surface area contributed by atoms with Crippen LogP contribution < -0.4 is 14.4 Å². The monoisotopic (exact) mass is 215 g/mol. The summed E-state index contributed by atoms with van der Waals surface area (Å²) < 4.78 is 6.95. The first-order valence-corrected chi connectivity index (χ1v) is 5.07. The number of aromatic nitrogens is 1. The zero-order valence-corrected chi connectivity index (χ0v) is 9.09. The minimum Gasteiger partial charge on any atom is -0.868 e. The number of nitrogens with zero attached hydrogens (tertiary/aromatic N) is 1. The molecule has 0 radical (unpaired) electrons. The normalized spacial score (nSPS) is 10.1. The molecule has 0 N–H and O–H groups in total. The van der Waals surface area contributed by atoms with Gasteiger partial charge in [-0.3, -0.25) is 0 Å². The summed E-state index contributed by atoms with van der Waals surface area (Å²) in [4.78, 5) is 0. The summed E-state index contributed by atoms with van der Waals surface area (Å²) in [5.74, 6) is 0.863. The highest BCUT2D eigenvalue weighted by Crippen LogP contribution is 2.11. The van der Waals surface area contributed by atoms with E-state index in [1.807, 2.05) is 35.0 Å². The van der Waals surface area contributed by atoms with Gasteiger partial charge in [0, 0.05) is 11.6 Å². The average molecular weight is 215 g/mol. The van der Waals surface area contributed by atoms with Gasteiger partial charge in [0.1, 0.15) is 5.75 Å². The van der Waals surface area contributed by atoms with Gasteiger partial charge in [-0.25, -0.2) is 4.57 Å². The minimum atomic E-state index is 0.0241. The van der Waals surface area contributed by atoms with Crippen molar-refractivity contribution in [1.82, 2.24) is 0 Å². The van der Waals surface area contributed by atoms with Crippen LogP contribution in [-0.2, 0) is 6.54 Å². The maximum absolute atomic E-state index is 11.1. The van der Waals surface area contributed by atoms with Crippen LogP contribution in [0, 0.1) is 0 Å². The molecule has 1 aromatic heterocycles. The molecule has 0 spiro atoms. The number of methoxy groups -OCH3 is 1. The van der Waals surface area contributed by atoms with Gasteiger partial charge in [-0.15, -0.1) is 0 Å². The van der Waals surface area contributed by atoms with Gasteiger partial charge in [0.25, 0.3) is 0 Å². The second-order valence-electron chi connectivity index (χ2n) is 3.56. The molecule has 0 saturated carbocycles. The summed E-state index contributed by atoms with van der Waals surface area (Å²) in [7, 11) is 1.64. The van der Waals surface area contributed by atoms with Gasteiger partial charge < -0.3 is 9.84 Å². The lowest BCUT2D eigenvalue weighted by Crippen LogP contribution is -2.33. The quantitative estimate of drug-likeness (QED) is 0.719. The molecule has 0 amide bonds. The van der Waals surface area contributed by atoms with Crippen LogP contribution in [-0.4, -0.2) is 7.11 Å². The highest BCUT2D eigenvalue weighted by atomic mass is 16.5. The average Bonchev–Trinajstić information content (AvgIpc) is 2.30. The Morgan fingerprint density at radius 1 is 1.19 bits per heavy atom. The second-order valence-corrected chi connectivity index (χ2v) is 3.56. The van der Waals surface area contributed by atoms with E-state index in [0.29, 0.717) is 6.54 Å². The minimum absolute atomic E-state index is 0.0241. The van der Waals surface area contributed by atoms with E-state index in [0.717, 1.165) is 11.3 Å². The van der Waals surface area contributed by atoms with Crippen LogP contribution in [0.15, 0.2) is 48.8 Å². The highest BCUT2D eigenvalue weighted by Gasteiger charge is 2.01. The fraction of sp³-hybridized carbons (Fsp3) is 0.154. The zero-order chi connectivity index (χ0) is 11.4. The first-order valence-electron chi connectivity index (χ1n) is 5.07. The molecule has 2 aromatic rings. The summed E-state index contributed by atoms with van der Waals surface area (Å²) in [6.07, 6.45) is 3.47. The molecule has 2 rings (SSSR count). The number of pyridine rings is 1. The molecule has 1 aromatic carbocycles. The molecule has 0 atom stereocenters. The molecule has 0 fully saturated rings. The van der Waals surface area contributed by atoms with Crippen LogP contribution in [0.4, 0.5) is 0 Å². The molecule has 82 valence electrons. The van der Waals surface area contributed by atoms with E-state index in [4.69, 9.17) is 4.74 Å². The highest BCUT2D eigenvalue weighted by molar-refractivity contribution is 5.26. The fourth-order valence-electron chi connectivity index (χ4n) is 1.54. The standard InChI is InChI=1S/C13H13NO2/c1-16-13-6-4-11(5-7-13)9-14-8-2-3-12(15)10-14/h2-8,10H,9H2,1H3. The molecular weight excluding hydrogens is 202 g/mol. The van der Waals surface area contributed by atoms with E-state index in [2.05, 4.69) is 0 Å². The lowest BCUT2D eigenvalue weighted by atomic mass is 10.2. The molecule has 0 aliphatic carbocycles. The Balaban J connectivity index is 2.14. The van der Waals surface area contributed by atoms with Crippen LogP contribution >= 0.6 is 0 Å². The lowest BCUT2D eigenvalue weighted by molar-refractivity contribution is -0.690. The lowest BCUT2D eigenvalue weighted by Gasteiger charge is -2.04. The Bertz CT molecular complexity index is 466. The third-order valence-corrected chi connectivity index (χ3v) is 2.36. The van der Waals surface area contributed by atoms with Gasteiger partial charge in [-0.05, 0) is 30.0 Å². The smallest absolute Gasteiger partial charge is 0.173 e. The van der Waals surface area contributed by atoms with Crippen molar-refractivity contribution in [2.45, 2.75) is 6.54 Å². The number of ether oxygens (including phenoxy) is 1. The van der Waals surface area contributed by atoms with Crippen molar-refractivity contribution in [2.24, 2.45) is 0 Å². The van der Waals surface area contributed by atoms with Crippen molar-refractivity contribution < 1.29 is 14.4 Å². The Hall–Kier alpha value is -2.03. The molecule has 16 heavy (non-hydrogen) atoms. The van der Waals surface area contributed by atoms with E-state index in [9.17, 15) is 5.11 Å². The SMILES string of the molecule is COc1ccc(C[n+]2cccc([O-])c2)cc1. The van der Waals surface area contributed by atoms with E-state index in [1.54, 1.807) is 25.4 Å². The van der Waals surface area contributed by atoms with Crippen molar-refractivity contribution in [3.63, 3.8) is 0 Å².